The minimum absolute atomic E-state index is 0.125. The summed E-state index contributed by atoms with van der Waals surface area (Å²) in [4.78, 5) is 12.0. The molecular weight excluding hydrogens is 224 g/mol. The van der Waals surface area contributed by atoms with Gasteiger partial charge in [0.15, 0.2) is 5.78 Å². The first-order chi connectivity index (χ1) is 7.70. The lowest BCUT2D eigenvalue weighted by atomic mass is 10.1. The van der Waals surface area contributed by atoms with E-state index >= 15 is 0 Å². The number of phenols is 1. The number of phenolic OH excluding ortho intramolecular Hbond substituents is 1. The average Bonchev–Trinajstić information content (AvgIpc) is 2.59. The number of rotatable bonds is 0. The number of carbonyl (C=O) groups excluding carboxylic acids is 1. The lowest BCUT2D eigenvalue weighted by Gasteiger charge is -2.02. The third-order valence-corrected chi connectivity index (χ3v) is 3.12. The predicted octanol–water partition coefficient (Wildman–Crippen LogP) is 3.26. The summed E-state index contributed by atoms with van der Waals surface area (Å²) < 4.78 is 0. The summed E-state index contributed by atoms with van der Waals surface area (Å²) in [5.41, 5.74) is 2.54. The van der Waals surface area contributed by atoms with Crippen molar-refractivity contribution in [2.24, 2.45) is 0 Å². The van der Waals surface area contributed by atoms with Crippen LogP contribution in [0.4, 0.5) is 0 Å². The first kappa shape index (κ1) is 9.43. The molecule has 1 aliphatic rings. The summed E-state index contributed by atoms with van der Waals surface area (Å²) in [6.45, 7) is 0. The summed E-state index contributed by atoms with van der Waals surface area (Å²) in [5.74, 6) is -0.286. The molecular formula is C13H7ClO2. The van der Waals surface area contributed by atoms with Crippen molar-refractivity contribution in [1.29, 1.82) is 0 Å². The van der Waals surface area contributed by atoms with E-state index in [0.717, 1.165) is 11.1 Å². The molecule has 16 heavy (non-hydrogen) atoms. The Balaban J connectivity index is 2.42. The second-order valence-corrected chi connectivity index (χ2v) is 4.10. The van der Waals surface area contributed by atoms with Crippen LogP contribution in [0.5, 0.6) is 5.75 Å². The topological polar surface area (TPSA) is 37.3 Å². The molecule has 1 N–H and O–H groups in total. The fourth-order valence-electron chi connectivity index (χ4n) is 2.07. The molecule has 0 saturated carbocycles. The van der Waals surface area contributed by atoms with Gasteiger partial charge in [-0.1, -0.05) is 41.9 Å². The molecule has 2 aromatic carbocycles. The Labute approximate surface area is 97.1 Å². The van der Waals surface area contributed by atoms with Crippen molar-refractivity contribution in [1.82, 2.24) is 0 Å². The summed E-state index contributed by atoms with van der Waals surface area (Å²) in [6, 6.07) is 10.7. The molecule has 78 valence electrons. The molecule has 0 amide bonds. The van der Waals surface area contributed by atoms with Gasteiger partial charge in [0.05, 0.1) is 10.6 Å². The molecule has 2 nitrogen and oxygen atoms in total. The molecule has 0 spiro atoms. The quantitative estimate of drug-likeness (QED) is 0.644. The molecule has 0 heterocycles. The molecule has 1 aliphatic carbocycles. The highest BCUT2D eigenvalue weighted by atomic mass is 35.5. The molecule has 0 saturated heterocycles. The van der Waals surface area contributed by atoms with E-state index in [9.17, 15) is 9.90 Å². The second-order valence-electron chi connectivity index (χ2n) is 3.69. The van der Waals surface area contributed by atoms with Crippen molar-refractivity contribution in [3.63, 3.8) is 0 Å². The molecule has 0 radical (unpaired) electrons. The van der Waals surface area contributed by atoms with Gasteiger partial charge in [0.2, 0.25) is 0 Å². The van der Waals surface area contributed by atoms with Crippen molar-refractivity contribution in [3.05, 3.63) is 52.5 Å². The van der Waals surface area contributed by atoms with Crippen LogP contribution in [-0.4, -0.2) is 10.9 Å². The van der Waals surface area contributed by atoms with E-state index in [1.165, 1.54) is 0 Å². The fourth-order valence-corrected chi connectivity index (χ4v) is 2.23. The Morgan fingerprint density at radius 2 is 1.62 bits per heavy atom. The van der Waals surface area contributed by atoms with Gasteiger partial charge in [0.1, 0.15) is 5.75 Å². The van der Waals surface area contributed by atoms with E-state index in [-0.39, 0.29) is 16.6 Å². The molecule has 3 heteroatoms. The van der Waals surface area contributed by atoms with Gasteiger partial charge < -0.3 is 5.11 Å². The van der Waals surface area contributed by atoms with Crippen LogP contribution in [0, 0.1) is 0 Å². The summed E-state index contributed by atoms with van der Waals surface area (Å²) >= 11 is 5.80. The lowest BCUT2D eigenvalue weighted by Crippen LogP contribution is -1.95. The van der Waals surface area contributed by atoms with Crippen LogP contribution in [0.2, 0.25) is 5.02 Å². The van der Waals surface area contributed by atoms with Crippen molar-refractivity contribution in [2.75, 3.05) is 0 Å². The fraction of sp³-hybridized carbons (Fsp3) is 0. The Hall–Kier alpha value is -1.80. The molecule has 0 fully saturated rings. The summed E-state index contributed by atoms with van der Waals surface area (Å²) in [7, 11) is 0. The maximum atomic E-state index is 12.0. The predicted molar refractivity (Wildman–Crippen MR) is 62.0 cm³/mol. The molecule has 0 aromatic heterocycles. The van der Waals surface area contributed by atoms with E-state index < -0.39 is 0 Å². The number of benzene rings is 2. The summed E-state index contributed by atoms with van der Waals surface area (Å²) in [5, 5.41) is 10.0. The van der Waals surface area contributed by atoms with Gasteiger partial charge in [-0.3, -0.25) is 4.79 Å². The van der Waals surface area contributed by atoms with Crippen LogP contribution in [0.1, 0.15) is 15.9 Å². The summed E-state index contributed by atoms with van der Waals surface area (Å²) in [6.07, 6.45) is 0. The zero-order valence-electron chi connectivity index (χ0n) is 8.20. The van der Waals surface area contributed by atoms with Crippen LogP contribution in [0.15, 0.2) is 36.4 Å². The number of halogens is 1. The van der Waals surface area contributed by atoms with Crippen molar-refractivity contribution < 1.29 is 9.90 Å². The Morgan fingerprint density at radius 1 is 0.938 bits per heavy atom. The number of hydrogen-bond donors (Lipinski definition) is 1. The third kappa shape index (κ3) is 1.05. The molecule has 0 unspecified atom stereocenters. The van der Waals surface area contributed by atoms with Crippen LogP contribution in [0.25, 0.3) is 11.1 Å². The molecule has 2 aromatic rings. The minimum Gasteiger partial charge on any atom is -0.506 e. The highest BCUT2D eigenvalue weighted by molar-refractivity contribution is 6.34. The number of hydrogen-bond acceptors (Lipinski definition) is 2. The molecule has 0 bridgehead atoms. The second kappa shape index (κ2) is 3.09. The van der Waals surface area contributed by atoms with Crippen LogP contribution in [0.3, 0.4) is 0 Å². The van der Waals surface area contributed by atoms with Crippen LogP contribution < -0.4 is 0 Å². The molecule has 0 atom stereocenters. The highest BCUT2D eigenvalue weighted by Crippen LogP contribution is 2.43. The van der Waals surface area contributed by atoms with Gasteiger partial charge in [-0.05, 0) is 17.2 Å². The van der Waals surface area contributed by atoms with E-state index in [4.69, 9.17) is 11.6 Å². The average molecular weight is 231 g/mol. The monoisotopic (exact) mass is 230 g/mol. The van der Waals surface area contributed by atoms with E-state index in [2.05, 4.69) is 0 Å². The van der Waals surface area contributed by atoms with Crippen molar-refractivity contribution >= 4 is 17.4 Å². The van der Waals surface area contributed by atoms with Gasteiger partial charge in [-0.15, -0.1) is 0 Å². The Kier molecular flexibility index (Phi) is 1.82. The first-order valence-corrected chi connectivity index (χ1v) is 5.23. The number of fused-ring (bicyclic) bond motifs is 3. The largest absolute Gasteiger partial charge is 0.506 e. The van der Waals surface area contributed by atoms with Crippen molar-refractivity contribution in [3.8, 4) is 16.9 Å². The van der Waals surface area contributed by atoms with Crippen LogP contribution >= 0.6 is 11.6 Å². The minimum atomic E-state index is -0.161. The van der Waals surface area contributed by atoms with Crippen molar-refractivity contribution in [2.45, 2.75) is 0 Å². The molecule has 3 rings (SSSR count). The van der Waals surface area contributed by atoms with E-state index in [1.807, 2.05) is 12.1 Å². The standard InChI is InChI=1S/C13H7ClO2/c14-10-6-5-8-7-3-1-2-4-9(7)12(15)11(8)13(10)16/h1-6,16H. The Morgan fingerprint density at radius 3 is 2.38 bits per heavy atom. The maximum absolute atomic E-state index is 12.0. The maximum Gasteiger partial charge on any atom is 0.198 e. The van der Waals surface area contributed by atoms with Gasteiger partial charge in [0.25, 0.3) is 0 Å². The normalized spacial score (nSPS) is 12.4. The number of aromatic hydroxyl groups is 1. The van der Waals surface area contributed by atoms with Crippen LogP contribution in [-0.2, 0) is 0 Å². The zero-order valence-corrected chi connectivity index (χ0v) is 8.95. The first-order valence-electron chi connectivity index (χ1n) is 4.85. The highest BCUT2D eigenvalue weighted by Gasteiger charge is 2.29. The SMILES string of the molecule is O=C1c2ccccc2-c2ccc(Cl)c(O)c21. The smallest absolute Gasteiger partial charge is 0.198 e. The number of carbonyl (C=O) groups is 1. The lowest BCUT2D eigenvalue weighted by molar-refractivity contribution is 0.104. The van der Waals surface area contributed by atoms with Gasteiger partial charge in [0, 0.05) is 5.56 Å². The van der Waals surface area contributed by atoms with Gasteiger partial charge in [-0.25, -0.2) is 0 Å². The van der Waals surface area contributed by atoms with E-state index in [1.54, 1.807) is 24.3 Å². The van der Waals surface area contributed by atoms with Gasteiger partial charge >= 0.3 is 0 Å². The molecule has 0 aliphatic heterocycles. The van der Waals surface area contributed by atoms with E-state index in [0.29, 0.717) is 11.1 Å². The van der Waals surface area contributed by atoms with Gasteiger partial charge in [-0.2, -0.15) is 0 Å². The number of ketones is 1. The third-order valence-electron chi connectivity index (χ3n) is 2.82. The Bertz CT molecular complexity index is 617. The zero-order chi connectivity index (χ0) is 11.3.